The van der Waals surface area contributed by atoms with Crippen molar-refractivity contribution in [2.24, 2.45) is 7.05 Å². The van der Waals surface area contributed by atoms with E-state index in [2.05, 4.69) is 28.8 Å². The number of likely N-dealkylation sites (tertiary alicyclic amines) is 1. The predicted molar refractivity (Wildman–Crippen MR) is 94.5 cm³/mol. The standard InChI is InChI=1S/C18H23FN6O/c1-4-11(2)17-20-6-5-16(21-17)24-9-13-7-12(24)10-25(13)18(26)14-8-15(19)23(3)22-14/h5-6,8,11-13H,4,7,9-10H2,1-3H3/t11?,12-,13-/m0/s1. The van der Waals surface area contributed by atoms with Crippen molar-refractivity contribution in [3.63, 3.8) is 0 Å². The zero-order chi connectivity index (χ0) is 18.4. The maximum absolute atomic E-state index is 13.5. The fourth-order valence-corrected chi connectivity index (χ4v) is 3.84. The number of carbonyl (C=O) groups excluding carboxylic acids is 1. The van der Waals surface area contributed by atoms with Crippen LogP contribution in [0.5, 0.6) is 0 Å². The number of halogens is 1. The van der Waals surface area contributed by atoms with Crippen LogP contribution >= 0.6 is 0 Å². The number of anilines is 1. The Morgan fingerprint density at radius 2 is 2.19 bits per heavy atom. The molecule has 7 nitrogen and oxygen atoms in total. The first kappa shape index (κ1) is 16.9. The molecule has 0 N–H and O–H groups in total. The van der Waals surface area contributed by atoms with Crippen LogP contribution in [0.4, 0.5) is 10.2 Å². The Hall–Kier alpha value is -2.51. The molecule has 138 valence electrons. The molecule has 1 unspecified atom stereocenters. The number of aromatic nitrogens is 4. The summed E-state index contributed by atoms with van der Waals surface area (Å²) in [6.45, 7) is 5.61. The lowest BCUT2D eigenvalue weighted by molar-refractivity contribution is 0.0718. The van der Waals surface area contributed by atoms with E-state index in [1.165, 1.54) is 13.1 Å². The molecule has 1 amide bonds. The van der Waals surface area contributed by atoms with Crippen LogP contribution in [0.1, 0.15) is 48.9 Å². The minimum atomic E-state index is -0.502. The van der Waals surface area contributed by atoms with Crippen molar-refractivity contribution in [2.45, 2.75) is 44.7 Å². The topological polar surface area (TPSA) is 67.2 Å². The molecule has 0 spiro atoms. The normalized spacial score (nSPS) is 22.9. The number of hydrogen-bond acceptors (Lipinski definition) is 5. The van der Waals surface area contributed by atoms with E-state index in [4.69, 9.17) is 4.98 Å². The van der Waals surface area contributed by atoms with Crippen molar-refractivity contribution >= 4 is 11.7 Å². The van der Waals surface area contributed by atoms with Crippen LogP contribution in [0.2, 0.25) is 0 Å². The Labute approximate surface area is 151 Å². The molecule has 2 aliphatic rings. The van der Waals surface area contributed by atoms with E-state index in [9.17, 15) is 9.18 Å². The summed E-state index contributed by atoms with van der Waals surface area (Å²) in [5.41, 5.74) is 0.171. The van der Waals surface area contributed by atoms with Crippen molar-refractivity contribution in [3.8, 4) is 0 Å². The monoisotopic (exact) mass is 358 g/mol. The molecule has 2 bridgehead atoms. The van der Waals surface area contributed by atoms with Gasteiger partial charge in [0.15, 0.2) is 5.69 Å². The van der Waals surface area contributed by atoms with E-state index < -0.39 is 5.95 Å². The minimum absolute atomic E-state index is 0.111. The van der Waals surface area contributed by atoms with Gasteiger partial charge in [-0.15, -0.1) is 0 Å². The van der Waals surface area contributed by atoms with E-state index >= 15 is 0 Å². The van der Waals surface area contributed by atoms with Gasteiger partial charge in [-0.25, -0.2) is 14.6 Å². The molecule has 2 fully saturated rings. The molecule has 4 heterocycles. The number of aryl methyl sites for hydroxylation is 1. The van der Waals surface area contributed by atoms with E-state index in [-0.39, 0.29) is 23.7 Å². The van der Waals surface area contributed by atoms with Crippen LogP contribution in [-0.4, -0.2) is 55.7 Å². The second-order valence-corrected chi connectivity index (χ2v) is 7.21. The molecule has 8 heteroatoms. The smallest absolute Gasteiger partial charge is 0.274 e. The lowest BCUT2D eigenvalue weighted by Gasteiger charge is -2.34. The fourth-order valence-electron chi connectivity index (χ4n) is 3.84. The second-order valence-electron chi connectivity index (χ2n) is 7.21. The van der Waals surface area contributed by atoms with Gasteiger partial charge in [-0.3, -0.25) is 4.79 Å². The number of amides is 1. The van der Waals surface area contributed by atoms with Crippen LogP contribution in [0.25, 0.3) is 0 Å². The van der Waals surface area contributed by atoms with Crippen molar-refractivity contribution in [3.05, 3.63) is 35.8 Å². The van der Waals surface area contributed by atoms with Crippen LogP contribution in [0.15, 0.2) is 18.3 Å². The summed E-state index contributed by atoms with van der Waals surface area (Å²) in [5.74, 6) is 1.42. The molecule has 0 aromatic carbocycles. The maximum atomic E-state index is 13.5. The second kappa shape index (κ2) is 6.34. The van der Waals surface area contributed by atoms with Gasteiger partial charge in [0.05, 0.1) is 12.1 Å². The quantitative estimate of drug-likeness (QED) is 0.836. The summed E-state index contributed by atoms with van der Waals surface area (Å²) < 4.78 is 14.6. The van der Waals surface area contributed by atoms with Crippen LogP contribution < -0.4 is 4.90 Å². The molecule has 26 heavy (non-hydrogen) atoms. The Kier molecular flexibility index (Phi) is 4.13. The number of fused-ring (bicyclic) bond motifs is 2. The number of hydrogen-bond donors (Lipinski definition) is 0. The third kappa shape index (κ3) is 2.73. The number of nitrogens with zero attached hydrogens (tertiary/aromatic N) is 6. The zero-order valence-electron chi connectivity index (χ0n) is 15.3. The summed E-state index contributed by atoms with van der Waals surface area (Å²) in [5, 5.41) is 3.97. The third-order valence-electron chi connectivity index (χ3n) is 5.55. The molecule has 2 saturated heterocycles. The van der Waals surface area contributed by atoms with E-state index in [0.29, 0.717) is 12.5 Å². The van der Waals surface area contributed by atoms with E-state index in [1.54, 1.807) is 0 Å². The molecule has 3 atom stereocenters. The first-order valence-electron chi connectivity index (χ1n) is 9.08. The molecule has 2 aromatic heterocycles. The van der Waals surface area contributed by atoms with Gasteiger partial charge in [0, 0.05) is 38.3 Å². The van der Waals surface area contributed by atoms with E-state index in [0.717, 1.165) is 35.7 Å². The van der Waals surface area contributed by atoms with Gasteiger partial charge in [-0.1, -0.05) is 13.8 Å². The molecular formula is C18H23FN6O. The first-order chi connectivity index (χ1) is 12.5. The summed E-state index contributed by atoms with van der Waals surface area (Å²) >= 11 is 0. The first-order valence-corrected chi connectivity index (χ1v) is 9.08. The predicted octanol–water partition coefficient (Wildman–Crippen LogP) is 1.97. The highest BCUT2D eigenvalue weighted by Gasteiger charge is 2.46. The summed E-state index contributed by atoms with van der Waals surface area (Å²) in [7, 11) is 1.49. The van der Waals surface area contributed by atoms with Crippen molar-refractivity contribution in [1.29, 1.82) is 0 Å². The lowest BCUT2D eigenvalue weighted by Crippen LogP contribution is -2.49. The van der Waals surface area contributed by atoms with Crippen LogP contribution in [0, 0.1) is 5.95 Å². The highest BCUT2D eigenvalue weighted by molar-refractivity contribution is 5.93. The Balaban J connectivity index is 1.49. The molecule has 0 saturated carbocycles. The van der Waals surface area contributed by atoms with Crippen LogP contribution in [-0.2, 0) is 7.05 Å². The Morgan fingerprint density at radius 3 is 2.81 bits per heavy atom. The Bertz CT molecular complexity index is 817. The van der Waals surface area contributed by atoms with Gasteiger partial charge in [0.1, 0.15) is 11.6 Å². The Morgan fingerprint density at radius 1 is 1.38 bits per heavy atom. The van der Waals surface area contributed by atoms with Gasteiger partial charge in [-0.2, -0.15) is 9.49 Å². The zero-order valence-corrected chi connectivity index (χ0v) is 15.3. The molecule has 0 radical (unpaired) electrons. The minimum Gasteiger partial charge on any atom is -0.350 e. The molecule has 2 aliphatic heterocycles. The average molecular weight is 358 g/mol. The maximum Gasteiger partial charge on any atom is 0.274 e. The summed E-state index contributed by atoms with van der Waals surface area (Å²) in [4.78, 5) is 25.9. The van der Waals surface area contributed by atoms with Crippen molar-refractivity contribution < 1.29 is 9.18 Å². The number of rotatable bonds is 4. The van der Waals surface area contributed by atoms with Crippen molar-refractivity contribution in [2.75, 3.05) is 18.0 Å². The highest BCUT2D eigenvalue weighted by atomic mass is 19.1. The highest BCUT2D eigenvalue weighted by Crippen LogP contribution is 2.34. The molecule has 0 aliphatic carbocycles. The fraction of sp³-hybridized carbons (Fsp3) is 0.556. The molecular weight excluding hydrogens is 335 g/mol. The molecule has 4 rings (SSSR count). The average Bonchev–Trinajstić information content (AvgIpc) is 3.35. The molecule has 2 aromatic rings. The largest absolute Gasteiger partial charge is 0.350 e. The van der Waals surface area contributed by atoms with Gasteiger partial charge in [0.2, 0.25) is 5.95 Å². The van der Waals surface area contributed by atoms with Crippen LogP contribution in [0.3, 0.4) is 0 Å². The van der Waals surface area contributed by atoms with Gasteiger partial charge < -0.3 is 9.80 Å². The summed E-state index contributed by atoms with van der Waals surface area (Å²) in [6.07, 6.45) is 3.72. The summed E-state index contributed by atoms with van der Waals surface area (Å²) in [6, 6.07) is 3.48. The van der Waals surface area contributed by atoms with Gasteiger partial charge in [0.25, 0.3) is 5.91 Å². The SMILES string of the molecule is CCC(C)c1nccc(N2C[C@@H]3C[C@H]2CN3C(=O)c2cc(F)n(C)n2)n1. The lowest BCUT2D eigenvalue weighted by atomic mass is 10.1. The van der Waals surface area contributed by atoms with E-state index in [1.807, 2.05) is 17.2 Å². The van der Waals surface area contributed by atoms with Gasteiger partial charge >= 0.3 is 0 Å². The number of carbonyl (C=O) groups is 1. The number of piperazine rings is 1. The third-order valence-corrected chi connectivity index (χ3v) is 5.55. The van der Waals surface area contributed by atoms with Crippen molar-refractivity contribution in [1.82, 2.24) is 24.6 Å². The van der Waals surface area contributed by atoms with Gasteiger partial charge in [-0.05, 0) is 18.9 Å².